The molecule has 0 aliphatic rings. The van der Waals surface area contributed by atoms with Crippen molar-refractivity contribution in [2.24, 2.45) is 0 Å². The molecule has 3 N–H and O–H groups in total. The molecule has 0 saturated heterocycles. The Morgan fingerprint density at radius 2 is 1.90 bits per heavy atom. The Morgan fingerprint density at radius 3 is 2.67 bits per heavy atom. The van der Waals surface area contributed by atoms with Crippen LogP contribution in [0, 0.1) is 0 Å². The van der Waals surface area contributed by atoms with Crippen molar-refractivity contribution < 1.29 is 4.74 Å². The van der Waals surface area contributed by atoms with Crippen LogP contribution in [0.3, 0.4) is 0 Å². The van der Waals surface area contributed by atoms with Crippen LogP contribution in [0.5, 0.6) is 5.75 Å². The molecule has 3 aromatic rings. The molecule has 0 saturated carbocycles. The fraction of sp³-hybridized carbons (Fsp3) is 0.125. The summed E-state index contributed by atoms with van der Waals surface area (Å²) in [6, 6.07) is 13.5. The van der Waals surface area contributed by atoms with E-state index in [1.807, 2.05) is 42.5 Å². The van der Waals surface area contributed by atoms with Crippen molar-refractivity contribution in [3.63, 3.8) is 0 Å². The second kappa shape index (κ2) is 5.66. The third-order valence-corrected chi connectivity index (χ3v) is 3.28. The number of ether oxygens (including phenoxy) is 1. The van der Waals surface area contributed by atoms with Crippen LogP contribution in [0.15, 0.2) is 48.8 Å². The van der Waals surface area contributed by atoms with Crippen LogP contribution < -0.4 is 15.8 Å². The molecule has 5 nitrogen and oxygen atoms in total. The number of fused-ring (bicyclic) bond motifs is 1. The molecule has 0 amide bonds. The van der Waals surface area contributed by atoms with Crippen LogP contribution >= 0.6 is 0 Å². The first-order valence-electron chi connectivity index (χ1n) is 6.63. The summed E-state index contributed by atoms with van der Waals surface area (Å²) in [6.07, 6.45) is 1.55. The molecule has 106 valence electrons. The number of benzene rings is 2. The molecule has 21 heavy (non-hydrogen) atoms. The Labute approximate surface area is 122 Å². The van der Waals surface area contributed by atoms with Crippen LogP contribution in [0.2, 0.25) is 0 Å². The van der Waals surface area contributed by atoms with E-state index in [-0.39, 0.29) is 0 Å². The van der Waals surface area contributed by atoms with Gasteiger partial charge in [-0.2, -0.15) is 0 Å². The number of hydrogen-bond acceptors (Lipinski definition) is 5. The van der Waals surface area contributed by atoms with Crippen LogP contribution in [0.1, 0.15) is 5.56 Å². The first-order valence-corrected chi connectivity index (χ1v) is 6.63. The van der Waals surface area contributed by atoms with Gasteiger partial charge in [-0.3, -0.25) is 0 Å². The van der Waals surface area contributed by atoms with Crippen molar-refractivity contribution in [2.45, 2.75) is 6.54 Å². The summed E-state index contributed by atoms with van der Waals surface area (Å²) >= 11 is 0. The van der Waals surface area contributed by atoms with Gasteiger partial charge in [0.1, 0.15) is 17.9 Å². The number of nitrogens with one attached hydrogen (secondary N) is 1. The third kappa shape index (κ3) is 2.86. The number of hydrogen-bond donors (Lipinski definition) is 2. The van der Waals surface area contributed by atoms with Gasteiger partial charge in [0, 0.05) is 17.6 Å². The Kier molecular flexibility index (Phi) is 3.55. The minimum absolute atomic E-state index is 0.672. The van der Waals surface area contributed by atoms with E-state index in [1.165, 1.54) is 0 Å². The van der Waals surface area contributed by atoms with Gasteiger partial charge in [0.05, 0.1) is 12.6 Å². The van der Waals surface area contributed by atoms with Gasteiger partial charge in [-0.05, 0) is 35.9 Å². The smallest absolute Gasteiger partial charge is 0.137 e. The number of nitrogens with two attached hydrogens (primary N) is 1. The quantitative estimate of drug-likeness (QED) is 0.719. The summed E-state index contributed by atoms with van der Waals surface area (Å²) in [4.78, 5) is 8.53. The highest BCUT2D eigenvalue weighted by molar-refractivity contribution is 5.91. The molecule has 1 aromatic heterocycles. The van der Waals surface area contributed by atoms with Gasteiger partial charge >= 0.3 is 0 Å². The lowest BCUT2D eigenvalue weighted by Crippen LogP contribution is -2.02. The summed E-state index contributed by atoms with van der Waals surface area (Å²) in [5.41, 5.74) is 8.55. The largest absolute Gasteiger partial charge is 0.497 e. The molecule has 5 heteroatoms. The van der Waals surface area contributed by atoms with Crippen LogP contribution in [-0.2, 0) is 6.54 Å². The predicted octanol–water partition coefficient (Wildman–Crippen LogP) is 2.83. The molecule has 0 aliphatic heterocycles. The lowest BCUT2D eigenvalue weighted by atomic mass is 10.2. The fourth-order valence-corrected chi connectivity index (χ4v) is 2.14. The van der Waals surface area contributed by atoms with E-state index in [4.69, 9.17) is 10.5 Å². The molecular formula is C16H16N4O. The zero-order chi connectivity index (χ0) is 14.7. The van der Waals surface area contributed by atoms with E-state index in [9.17, 15) is 0 Å². The molecular weight excluding hydrogens is 264 g/mol. The molecule has 3 rings (SSSR count). The second-order valence-electron chi connectivity index (χ2n) is 4.70. The average molecular weight is 280 g/mol. The molecule has 0 aliphatic carbocycles. The number of rotatable bonds is 4. The maximum Gasteiger partial charge on any atom is 0.137 e. The summed E-state index contributed by atoms with van der Waals surface area (Å²) in [6.45, 7) is 0.672. The van der Waals surface area contributed by atoms with Crippen LogP contribution in [0.25, 0.3) is 10.9 Å². The number of anilines is 2. The zero-order valence-corrected chi connectivity index (χ0v) is 11.7. The van der Waals surface area contributed by atoms with Gasteiger partial charge in [0.15, 0.2) is 0 Å². The van der Waals surface area contributed by atoms with Gasteiger partial charge in [-0.1, -0.05) is 12.1 Å². The fourth-order valence-electron chi connectivity index (χ4n) is 2.14. The van der Waals surface area contributed by atoms with Crippen molar-refractivity contribution in [1.82, 2.24) is 9.97 Å². The first-order chi connectivity index (χ1) is 10.3. The molecule has 0 bridgehead atoms. The lowest BCUT2D eigenvalue weighted by Gasteiger charge is -2.09. The molecule has 0 atom stereocenters. The van der Waals surface area contributed by atoms with E-state index in [1.54, 1.807) is 13.4 Å². The molecule has 1 heterocycles. The van der Waals surface area contributed by atoms with Gasteiger partial charge in [-0.15, -0.1) is 0 Å². The summed E-state index contributed by atoms with van der Waals surface area (Å²) in [7, 11) is 1.66. The molecule has 0 radical (unpaired) electrons. The Balaban J connectivity index is 1.82. The molecule has 2 aromatic carbocycles. The van der Waals surface area contributed by atoms with Gasteiger partial charge in [-0.25, -0.2) is 9.97 Å². The third-order valence-electron chi connectivity index (χ3n) is 3.28. The number of methoxy groups -OCH3 is 1. The van der Waals surface area contributed by atoms with E-state index >= 15 is 0 Å². The summed E-state index contributed by atoms with van der Waals surface area (Å²) in [5, 5.41) is 4.24. The zero-order valence-electron chi connectivity index (χ0n) is 11.7. The molecule has 0 fully saturated rings. The van der Waals surface area contributed by atoms with Crippen molar-refractivity contribution in [2.75, 3.05) is 18.2 Å². The molecule has 0 unspecified atom stereocenters. The van der Waals surface area contributed by atoms with Crippen molar-refractivity contribution in [3.8, 4) is 5.75 Å². The molecule has 0 spiro atoms. The topological polar surface area (TPSA) is 73.1 Å². The highest BCUT2D eigenvalue weighted by Gasteiger charge is 2.04. The van der Waals surface area contributed by atoms with E-state index in [2.05, 4.69) is 15.3 Å². The second-order valence-corrected chi connectivity index (χ2v) is 4.70. The first kappa shape index (κ1) is 13.2. The summed E-state index contributed by atoms with van der Waals surface area (Å²) < 4.78 is 5.15. The number of nitrogen functional groups attached to an aromatic ring is 1. The van der Waals surface area contributed by atoms with Gasteiger partial charge < -0.3 is 15.8 Å². The SMILES string of the molecule is COc1ccc(CNc2ncnc3ccc(N)cc23)cc1. The monoisotopic (exact) mass is 280 g/mol. The lowest BCUT2D eigenvalue weighted by molar-refractivity contribution is 0.414. The Bertz CT molecular complexity index is 756. The Morgan fingerprint density at radius 1 is 1.10 bits per heavy atom. The minimum atomic E-state index is 0.672. The average Bonchev–Trinajstić information content (AvgIpc) is 2.53. The summed E-state index contributed by atoms with van der Waals surface area (Å²) in [5.74, 6) is 1.63. The predicted molar refractivity (Wildman–Crippen MR) is 84.3 cm³/mol. The van der Waals surface area contributed by atoms with E-state index < -0.39 is 0 Å². The minimum Gasteiger partial charge on any atom is -0.497 e. The number of aromatic nitrogens is 2. The standard InChI is InChI=1S/C16H16N4O/c1-21-13-5-2-11(3-6-13)9-18-16-14-8-12(17)4-7-15(14)19-10-20-16/h2-8,10H,9,17H2,1H3,(H,18,19,20). The normalized spacial score (nSPS) is 10.5. The van der Waals surface area contributed by atoms with Gasteiger partial charge in [0.2, 0.25) is 0 Å². The number of nitrogens with zero attached hydrogens (tertiary/aromatic N) is 2. The van der Waals surface area contributed by atoms with Gasteiger partial charge in [0.25, 0.3) is 0 Å². The Hall–Kier alpha value is -2.82. The van der Waals surface area contributed by atoms with E-state index in [0.29, 0.717) is 12.2 Å². The van der Waals surface area contributed by atoms with Crippen LogP contribution in [-0.4, -0.2) is 17.1 Å². The van der Waals surface area contributed by atoms with Crippen molar-refractivity contribution in [1.29, 1.82) is 0 Å². The van der Waals surface area contributed by atoms with E-state index in [0.717, 1.165) is 28.0 Å². The maximum atomic E-state index is 5.83. The highest BCUT2D eigenvalue weighted by atomic mass is 16.5. The van der Waals surface area contributed by atoms with Crippen LogP contribution in [0.4, 0.5) is 11.5 Å². The van der Waals surface area contributed by atoms with Crippen molar-refractivity contribution >= 4 is 22.4 Å². The highest BCUT2D eigenvalue weighted by Crippen LogP contribution is 2.22. The van der Waals surface area contributed by atoms with Crippen molar-refractivity contribution in [3.05, 3.63) is 54.4 Å². The maximum absolute atomic E-state index is 5.83.